The van der Waals surface area contributed by atoms with E-state index < -0.39 is 0 Å². The quantitative estimate of drug-likeness (QED) is 0.597. The number of nitrogens with one attached hydrogen (secondary N) is 2. The zero-order valence-electron chi connectivity index (χ0n) is 11.0. The molecule has 0 fully saturated rings. The molecule has 18 heavy (non-hydrogen) atoms. The number of hydrogen-bond donors (Lipinski definition) is 2. The topological polar surface area (TPSA) is 81.2 Å². The molecule has 7 nitrogen and oxygen atoms in total. The summed E-state index contributed by atoms with van der Waals surface area (Å²) in [4.78, 5) is 4.29. The highest BCUT2D eigenvalue weighted by Gasteiger charge is 1.99. The lowest BCUT2D eigenvalue weighted by Gasteiger charge is -2.07. The maximum Gasteiger partial charge on any atom is 0.244 e. The van der Waals surface area contributed by atoms with Gasteiger partial charge in [0.25, 0.3) is 0 Å². The summed E-state index contributed by atoms with van der Waals surface area (Å²) in [5.74, 6) is 1.25. The number of nitrogens with zero attached hydrogens (tertiary/aromatic N) is 3. The fourth-order valence-corrected chi connectivity index (χ4v) is 1.31. The number of anilines is 2. The van der Waals surface area contributed by atoms with Gasteiger partial charge in [-0.05, 0) is 12.8 Å². The van der Waals surface area contributed by atoms with E-state index in [1.807, 2.05) is 0 Å². The predicted molar refractivity (Wildman–Crippen MR) is 69.8 cm³/mol. The van der Waals surface area contributed by atoms with Gasteiger partial charge in [-0.1, -0.05) is 0 Å². The van der Waals surface area contributed by atoms with Crippen LogP contribution in [-0.2, 0) is 9.47 Å². The van der Waals surface area contributed by atoms with Gasteiger partial charge < -0.3 is 20.1 Å². The molecule has 1 aromatic rings. The smallest absolute Gasteiger partial charge is 0.244 e. The van der Waals surface area contributed by atoms with Gasteiger partial charge in [-0.15, -0.1) is 5.10 Å². The third-order valence-corrected chi connectivity index (χ3v) is 2.20. The van der Waals surface area contributed by atoms with Gasteiger partial charge in [0, 0.05) is 40.5 Å². The number of aromatic nitrogens is 3. The molecule has 0 aliphatic carbocycles. The first-order valence-electron chi connectivity index (χ1n) is 6.02. The molecule has 1 heterocycles. The number of hydrogen-bond acceptors (Lipinski definition) is 7. The highest BCUT2D eigenvalue weighted by atomic mass is 16.5. The Labute approximate surface area is 107 Å². The molecule has 102 valence electrons. The lowest BCUT2D eigenvalue weighted by molar-refractivity contribution is 0.197. The molecule has 0 amide bonds. The van der Waals surface area contributed by atoms with Crippen molar-refractivity contribution < 1.29 is 9.47 Å². The molecule has 0 saturated carbocycles. The molecule has 2 N–H and O–H groups in total. The number of ether oxygens (including phenoxy) is 2. The number of methoxy groups -OCH3 is 2. The molecule has 0 unspecified atom stereocenters. The summed E-state index contributed by atoms with van der Waals surface area (Å²) in [6.07, 6.45) is 3.44. The average Bonchev–Trinajstić information content (AvgIpc) is 2.40. The van der Waals surface area contributed by atoms with Gasteiger partial charge in [-0.2, -0.15) is 10.1 Å². The van der Waals surface area contributed by atoms with Crippen LogP contribution in [0.15, 0.2) is 6.20 Å². The average molecular weight is 255 g/mol. The van der Waals surface area contributed by atoms with E-state index in [4.69, 9.17) is 9.47 Å². The zero-order valence-corrected chi connectivity index (χ0v) is 11.0. The molecule has 0 aliphatic rings. The Morgan fingerprint density at radius 1 is 1.06 bits per heavy atom. The Morgan fingerprint density at radius 2 is 1.72 bits per heavy atom. The third kappa shape index (κ3) is 6.31. The van der Waals surface area contributed by atoms with Crippen molar-refractivity contribution in [2.24, 2.45) is 0 Å². The molecular formula is C11H21N5O2. The van der Waals surface area contributed by atoms with Crippen molar-refractivity contribution in [3.05, 3.63) is 6.20 Å². The van der Waals surface area contributed by atoms with E-state index in [0.29, 0.717) is 5.95 Å². The molecule has 0 atom stereocenters. The van der Waals surface area contributed by atoms with Crippen LogP contribution in [0.2, 0.25) is 0 Å². The molecular weight excluding hydrogens is 234 g/mol. The van der Waals surface area contributed by atoms with E-state index >= 15 is 0 Å². The highest BCUT2D eigenvalue weighted by Crippen LogP contribution is 2.03. The standard InChI is InChI=1S/C11H21N5O2/c1-17-7-3-5-12-10-9-14-16-11(15-10)13-6-4-8-18-2/h9H,3-8H2,1-2H3,(H2,12,13,15,16). The third-order valence-electron chi connectivity index (χ3n) is 2.20. The summed E-state index contributed by atoms with van der Waals surface area (Å²) in [6.45, 7) is 3.02. The van der Waals surface area contributed by atoms with Crippen LogP contribution in [0.1, 0.15) is 12.8 Å². The van der Waals surface area contributed by atoms with Gasteiger partial charge >= 0.3 is 0 Å². The second kappa shape index (κ2) is 9.55. The molecule has 7 heteroatoms. The van der Waals surface area contributed by atoms with Crippen LogP contribution in [0.5, 0.6) is 0 Å². The van der Waals surface area contributed by atoms with E-state index in [9.17, 15) is 0 Å². The molecule has 0 aromatic carbocycles. The lowest BCUT2D eigenvalue weighted by atomic mass is 10.4. The van der Waals surface area contributed by atoms with Crippen molar-refractivity contribution in [2.45, 2.75) is 12.8 Å². The van der Waals surface area contributed by atoms with E-state index in [1.54, 1.807) is 20.4 Å². The van der Waals surface area contributed by atoms with Gasteiger partial charge in [0.05, 0.1) is 6.20 Å². The van der Waals surface area contributed by atoms with Crippen LogP contribution in [-0.4, -0.2) is 55.7 Å². The SMILES string of the molecule is COCCCNc1cnnc(NCCCOC)n1. The Hall–Kier alpha value is -1.47. The van der Waals surface area contributed by atoms with Gasteiger partial charge in [0.1, 0.15) is 0 Å². The largest absolute Gasteiger partial charge is 0.385 e. The first kappa shape index (κ1) is 14.6. The van der Waals surface area contributed by atoms with Gasteiger partial charge in [0.15, 0.2) is 5.82 Å². The second-order valence-corrected chi connectivity index (χ2v) is 3.71. The molecule has 1 rings (SSSR count). The van der Waals surface area contributed by atoms with Crippen molar-refractivity contribution in [2.75, 3.05) is 51.2 Å². The summed E-state index contributed by atoms with van der Waals surface area (Å²) >= 11 is 0. The Balaban J connectivity index is 2.27. The van der Waals surface area contributed by atoms with Crippen LogP contribution in [0.3, 0.4) is 0 Å². The van der Waals surface area contributed by atoms with Gasteiger partial charge in [-0.3, -0.25) is 0 Å². The minimum Gasteiger partial charge on any atom is -0.385 e. The number of rotatable bonds is 10. The second-order valence-electron chi connectivity index (χ2n) is 3.71. The van der Waals surface area contributed by atoms with Crippen molar-refractivity contribution in [3.63, 3.8) is 0 Å². The summed E-state index contributed by atoms with van der Waals surface area (Å²) < 4.78 is 9.93. The summed E-state index contributed by atoms with van der Waals surface area (Å²) in [7, 11) is 3.37. The molecule has 0 saturated heterocycles. The molecule has 0 spiro atoms. The Kier molecular flexibility index (Phi) is 7.74. The van der Waals surface area contributed by atoms with Crippen molar-refractivity contribution >= 4 is 11.8 Å². The van der Waals surface area contributed by atoms with Gasteiger partial charge in [-0.25, -0.2) is 0 Å². The van der Waals surface area contributed by atoms with Crippen molar-refractivity contribution in [1.82, 2.24) is 15.2 Å². The van der Waals surface area contributed by atoms with E-state index in [-0.39, 0.29) is 0 Å². The highest BCUT2D eigenvalue weighted by molar-refractivity contribution is 5.36. The minimum atomic E-state index is 0.530. The van der Waals surface area contributed by atoms with Crippen LogP contribution < -0.4 is 10.6 Å². The van der Waals surface area contributed by atoms with E-state index in [1.165, 1.54) is 0 Å². The summed E-state index contributed by atoms with van der Waals surface area (Å²) in [5.41, 5.74) is 0. The van der Waals surface area contributed by atoms with E-state index in [2.05, 4.69) is 25.8 Å². The molecule has 0 aliphatic heterocycles. The first-order valence-corrected chi connectivity index (χ1v) is 6.02. The Morgan fingerprint density at radius 3 is 2.39 bits per heavy atom. The van der Waals surface area contributed by atoms with Crippen LogP contribution in [0, 0.1) is 0 Å². The molecule has 0 bridgehead atoms. The van der Waals surface area contributed by atoms with Crippen LogP contribution in [0.4, 0.5) is 11.8 Å². The summed E-state index contributed by atoms with van der Waals surface area (Å²) in [5, 5.41) is 14.0. The first-order chi connectivity index (χ1) is 8.86. The Bertz CT molecular complexity index is 297. The van der Waals surface area contributed by atoms with E-state index in [0.717, 1.165) is 45.0 Å². The summed E-state index contributed by atoms with van der Waals surface area (Å²) in [6, 6.07) is 0. The van der Waals surface area contributed by atoms with Crippen LogP contribution in [0.25, 0.3) is 0 Å². The van der Waals surface area contributed by atoms with Crippen molar-refractivity contribution in [3.8, 4) is 0 Å². The fourth-order valence-electron chi connectivity index (χ4n) is 1.31. The van der Waals surface area contributed by atoms with Gasteiger partial charge in [0.2, 0.25) is 5.95 Å². The fraction of sp³-hybridized carbons (Fsp3) is 0.727. The lowest BCUT2D eigenvalue weighted by Crippen LogP contribution is -2.11. The predicted octanol–water partition coefficient (Wildman–Crippen LogP) is 0.768. The zero-order chi connectivity index (χ0) is 13.1. The van der Waals surface area contributed by atoms with Crippen LogP contribution >= 0.6 is 0 Å². The normalized spacial score (nSPS) is 10.3. The molecule has 0 radical (unpaired) electrons. The maximum absolute atomic E-state index is 4.97. The van der Waals surface area contributed by atoms with Crippen molar-refractivity contribution in [1.29, 1.82) is 0 Å². The monoisotopic (exact) mass is 255 g/mol. The minimum absolute atomic E-state index is 0.530. The molecule has 1 aromatic heterocycles. The maximum atomic E-state index is 4.97.